The van der Waals surface area contributed by atoms with E-state index in [4.69, 9.17) is 4.74 Å². The molecule has 0 fully saturated rings. The van der Waals surface area contributed by atoms with Gasteiger partial charge in [-0.15, -0.1) is 0 Å². The Hall–Kier alpha value is -3.19. The average Bonchev–Trinajstić information content (AvgIpc) is 3.29. The van der Waals surface area contributed by atoms with E-state index in [-0.39, 0.29) is 5.91 Å². The minimum atomic E-state index is -0.0483. The maximum atomic E-state index is 12.4. The first-order valence-electron chi connectivity index (χ1n) is 8.98. The van der Waals surface area contributed by atoms with Crippen LogP contribution in [-0.4, -0.2) is 27.8 Å². The highest BCUT2D eigenvalue weighted by Crippen LogP contribution is 2.29. The molecule has 2 heterocycles. The van der Waals surface area contributed by atoms with Gasteiger partial charge >= 0.3 is 0 Å². The summed E-state index contributed by atoms with van der Waals surface area (Å²) in [6.45, 7) is 1.90. The maximum absolute atomic E-state index is 12.4. The summed E-state index contributed by atoms with van der Waals surface area (Å²) in [5.41, 5.74) is 2.80. The number of hydrogen-bond donors (Lipinski definition) is 1. The highest BCUT2D eigenvalue weighted by Gasteiger charge is 2.15. The Labute approximate surface area is 166 Å². The second-order valence-electron chi connectivity index (χ2n) is 6.45. The number of fused-ring (bicyclic) bond motifs is 1. The molecule has 0 saturated heterocycles. The number of aromatic nitrogens is 3. The monoisotopic (exact) mass is 392 g/mol. The summed E-state index contributed by atoms with van der Waals surface area (Å²) < 4.78 is 7.99. The van der Waals surface area contributed by atoms with Crippen molar-refractivity contribution in [3.63, 3.8) is 0 Å². The van der Waals surface area contributed by atoms with Crippen LogP contribution in [0.15, 0.2) is 54.6 Å². The van der Waals surface area contributed by atoms with Gasteiger partial charge in [0.15, 0.2) is 0 Å². The van der Waals surface area contributed by atoms with Crippen molar-refractivity contribution in [3.05, 3.63) is 65.9 Å². The van der Waals surface area contributed by atoms with Crippen LogP contribution >= 0.6 is 11.3 Å². The van der Waals surface area contributed by atoms with E-state index in [0.717, 1.165) is 27.2 Å². The molecule has 28 heavy (non-hydrogen) atoms. The average molecular weight is 392 g/mol. The molecule has 0 aliphatic carbocycles. The zero-order chi connectivity index (χ0) is 19.5. The predicted octanol–water partition coefficient (Wildman–Crippen LogP) is 4.37. The van der Waals surface area contributed by atoms with E-state index in [0.29, 0.717) is 23.8 Å². The van der Waals surface area contributed by atoms with Crippen LogP contribution in [0.4, 0.5) is 5.82 Å². The first kappa shape index (κ1) is 18.2. The van der Waals surface area contributed by atoms with Crippen molar-refractivity contribution in [3.8, 4) is 10.9 Å². The molecule has 142 valence electrons. The van der Waals surface area contributed by atoms with E-state index < -0.39 is 0 Å². The van der Waals surface area contributed by atoms with Crippen molar-refractivity contribution < 1.29 is 9.53 Å². The summed E-state index contributed by atoms with van der Waals surface area (Å²) >= 11 is 1.52. The van der Waals surface area contributed by atoms with Crippen molar-refractivity contribution in [2.45, 2.75) is 19.8 Å². The van der Waals surface area contributed by atoms with Crippen molar-refractivity contribution in [1.82, 2.24) is 14.8 Å². The summed E-state index contributed by atoms with van der Waals surface area (Å²) in [5, 5.41) is 8.18. The summed E-state index contributed by atoms with van der Waals surface area (Å²) in [7, 11) is 1.63. The second kappa shape index (κ2) is 7.82. The fraction of sp³-hybridized carbons (Fsp3) is 0.190. The quantitative estimate of drug-likeness (QED) is 0.529. The third-order valence-corrected chi connectivity index (χ3v) is 5.36. The highest BCUT2D eigenvalue weighted by atomic mass is 32.1. The number of carbonyl (C=O) groups excluding carboxylic acids is 1. The lowest BCUT2D eigenvalue weighted by atomic mass is 10.1. The zero-order valence-corrected chi connectivity index (χ0v) is 16.5. The second-order valence-corrected chi connectivity index (χ2v) is 7.46. The van der Waals surface area contributed by atoms with E-state index in [1.807, 2.05) is 61.5 Å². The Bertz CT molecular complexity index is 1120. The number of thiazole rings is 1. The maximum Gasteiger partial charge on any atom is 0.225 e. The fourth-order valence-electron chi connectivity index (χ4n) is 2.95. The standard InChI is InChI=1S/C21H20N4O2S/c1-14-12-19(23-20(26)11-8-15-6-4-3-5-7-15)25(24-14)21-22-17-13-16(27-2)9-10-18(17)28-21/h3-7,9-10,12-13H,8,11H2,1-2H3,(H,23,26). The van der Waals surface area contributed by atoms with E-state index in [9.17, 15) is 4.79 Å². The molecule has 0 radical (unpaired) electrons. The molecule has 7 heteroatoms. The molecule has 0 saturated carbocycles. The number of amides is 1. The number of carbonyl (C=O) groups is 1. The van der Waals surface area contributed by atoms with Crippen molar-refractivity contribution in [2.24, 2.45) is 0 Å². The van der Waals surface area contributed by atoms with Gasteiger partial charge in [-0.25, -0.2) is 4.98 Å². The molecule has 0 aliphatic heterocycles. The Morgan fingerprint density at radius 1 is 1.18 bits per heavy atom. The Morgan fingerprint density at radius 2 is 2.00 bits per heavy atom. The SMILES string of the molecule is COc1ccc2sc(-n3nc(C)cc3NC(=O)CCc3ccccc3)nc2c1. The molecule has 0 aliphatic rings. The number of ether oxygens (including phenoxy) is 1. The number of methoxy groups -OCH3 is 1. The highest BCUT2D eigenvalue weighted by molar-refractivity contribution is 7.20. The lowest BCUT2D eigenvalue weighted by molar-refractivity contribution is -0.116. The number of nitrogens with one attached hydrogen (secondary N) is 1. The minimum Gasteiger partial charge on any atom is -0.497 e. The van der Waals surface area contributed by atoms with Crippen LogP contribution in [0.5, 0.6) is 5.75 Å². The number of nitrogens with zero attached hydrogens (tertiary/aromatic N) is 3. The smallest absolute Gasteiger partial charge is 0.225 e. The molecule has 1 amide bonds. The van der Waals surface area contributed by atoms with Crippen LogP contribution in [0, 0.1) is 6.92 Å². The third kappa shape index (κ3) is 3.89. The van der Waals surface area contributed by atoms with Gasteiger partial charge in [-0.2, -0.15) is 9.78 Å². The summed E-state index contributed by atoms with van der Waals surface area (Å²) in [6.07, 6.45) is 1.10. The summed E-state index contributed by atoms with van der Waals surface area (Å²) in [4.78, 5) is 17.1. The van der Waals surface area contributed by atoms with Crippen LogP contribution in [0.1, 0.15) is 17.7 Å². The molecular formula is C21H20N4O2S. The van der Waals surface area contributed by atoms with Crippen LogP contribution in [-0.2, 0) is 11.2 Å². The zero-order valence-electron chi connectivity index (χ0n) is 15.7. The van der Waals surface area contributed by atoms with E-state index in [1.165, 1.54) is 11.3 Å². The molecule has 4 aromatic rings. The summed E-state index contributed by atoms with van der Waals surface area (Å²) in [6, 6.07) is 17.6. The minimum absolute atomic E-state index is 0.0483. The van der Waals surface area contributed by atoms with Crippen LogP contribution < -0.4 is 10.1 Å². The van der Waals surface area contributed by atoms with Gasteiger partial charge in [0.25, 0.3) is 0 Å². The fourth-order valence-corrected chi connectivity index (χ4v) is 3.87. The van der Waals surface area contributed by atoms with E-state index >= 15 is 0 Å². The van der Waals surface area contributed by atoms with Crippen LogP contribution in [0.3, 0.4) is 0 Å². The number of rotatable bonds is 6. The number of anilines is 1. The first-order valence-corrected chi connectivity index (χ1v) is 9.79. The number of aryl methyl sites for hydroxylation is 2. The molecule has 2 aromatic heterocycles. The number of benzene rings is 2. The van der Waals surface area contributed by atoms with Gasteiger partial charge in [0.2, 0.25) is 11.0 Å². The molecule has 0 unspecified atom stereocenters. The Morgan fingerprint density at radius 3 is 2.79 bits per heavy atom. The van der Waals surface area contributed by atoms with Gasteiger partial charge in [0.05, 0.1) is 23.0 Å². The molecule has 4 rings (SSSR count). The predicted molar refractivity (Wildman–Crippen MR) is 111 cm³/mol. The van der Waals surface area contributed by atoms with Gasteiger partial charge in [0.1, 0.15) is 11.6 Å². The molecule has 1 N–H and O–H groups in total. The van der Waals surface area contributed by atoms with Crippen molar-refractivity contribution in [1.29, 1.82) is 0 Å². The lowest BCUT2D eigenvalue weighted by Gasteiger charge is -2.06. The first-order chi connectivity index (χ1) is 13.6. The van der Waals surface area contributed by atoms with Crippen LogP contribution in [0.25, 0.3) is 15.3 Å². The topological polar surface area (TPSA) is 69.0 Å². The van der Waals surface area contributed by atoms with Gasteiger partial charge in [-0.1, -0.05) is 41.7 Å². The van der Waals surface area contributed by atoms with Gasteiger partial charge in [0, 0.05) is 18.6 Å². The molecule has 2 aromatic carbocycles. The normalized spacial score (nSPS) is 10.9. The van der Waals surface area contributed by atoms with E-state index in [2.05, 4.69) is 15.4 Å². The molecule has 0 bridgehead atoms. The van der Waals surface area contributed by atoms with Gasteiger partial charge in [-0.3, -0.25) is 4.79 Å². The molecule has 0 spiro atoms. The largest absolute Gasteiger partial charge is 0.497 e. The van der Waals surface area contributed by atoms with Crippen LogP contribution in [0.2, 0.25) is 0 Å². The van der Waals surface area contributed by atoms with Crippen molar-refractivity contribution in [2.75, 3.05) is 12.4 Å². The Kier molecular flexibility index (Phi) is 5.08. The summed E-state index contributed by atoms with van der Waals surface area (Å²) in [5.74, 6) is 1.34. The Balaban J connectivity index is 1.54. The van der Waals surface area contributed by atoms with Gasteiger partial charge < -0.3 is 10.1 Å². The third-order valence-electron chi connectivity index (χ3n) is 4.35. The molecule has 0 atom stereocenters. The van der Waals surface area contributed by atoms with Crippen molar-refractivity contribution >= 4 is 33.3 Å². The number of hydrogen-bond acceptors (Lipinski definition) is 5. The lowest BCUT2D eigenvalue weighted by Crippen LogP contribution is -2.15. The van der Waals surface area contributed by atoms with Gasteiger partial charge in [-0.05, 0) is 31.0 Å². The molecule has 6 nitrogen and oxygen atoms in total. The molecular weight excluding hydrogens is 372 g/mol. The van der Waals surface area contributed by atoms with E-state index in [1.54, 1.807) is 11.8 Å².